The van der Waals surface area contributed by atoms with Crippen LogP contribution in [0.2, 0.25) is 0 Å². The van der Waals surface area contributed by atoms with E-state index in [9.17, 15) is 0 Å². The van der Waals surface area contributed by atoms with Gasteiger partial charge in [-0.3, -0.25) is 0 Å². The normalized spacial score (nSPS) is 22.6. The molecule has 2 fully saturated rings. The number of para-hydroxylation sites is 1. The number of likely N-dealkylation sites (tertiary alicyclic amines) is 1. The Morgan fingerprint density at radius 2 is 1.76 bits per heavy atom. The number of methoxy groups -OCH3 is 1. The van der Waals surface area contributed by atoms with E-state index in [0.29, 0.717) is 5.92 Å². The number of hydrogen-bond acceptors (Lipinski definition) is 2. The number of piperidine rings is 1. The summed E-state index contributed by atoms with van der Waals surface area (Å²) in [6.07, 6.45) is 5.44. The van der Waals surface area contributed by atoms with Gasteiger partial charge in [0.2, 0.25) is 0 Å². The number of hydrogen-bond donors (Lipinski definition) is 0. The lowest BCUT2D eigenvalue weighted by Crippen LogP contribution is -2.34. The zero-order chi connectivity index (χ0) is 11.7. The van der Waals surface area contributed by atoms with E-state index < -0.39 is 0 Å². The lowest BCUT2D eigenvalue weighted by atomic mass is 9.89. The lowest BCUT2D eigenvalue weighted by Gasteiger charge is -2.32. The van der Waals surface area contributed by atoms with Crippen molar-refractivity contribution in [2.24, 2.45) is 0 Å². The van der Waals surface area contributed by atoms with E-state index >= 15 is 0 Å². The van der Waals surface area contributed by atoms with Gasteiger partial charge in [-0.2, -0.15) is 0 Å². The van der Waals surface area contributed by atoms with E-state index in [-0.39, 0.29) is 0 Å². The van der Waals surface area contributed by atoms with Crippen molar-refractivity contribution in [1.29, 1.82) is 0 Å². The smallest absolute Gasteiger partial charge is 0.122 e. The van der Waals surface area contributed by atoms with Crippen LogP contribution in [0, 0.1) is 0 Å². The van der Waals surface area contributed by atoms with Crippen molar-refractivity contribution in [1.82, 2.24) is 4.90 Å². The van der Waals surface area contributed by atoms with E-state index in [1.807, 2.05) is 0 Å². The molecule has 1 aromatic carbocycles. The number of benzene rings is 1. The summed E-state index contributed by atoms with van der Waals surface area (Å²) in [7, 11) is 1.78. The Morgan fingerprint density at radius 1 is 1.06 bits per heavy atom. The molecular weight excluding hydrogens is 210 g/mol. The molecule has 2 aliphatic rings. The Bertz CT molecular complexity index is 378. The molecule has 0 bridgehead atoms. The van der Waals surface area contributed by atoms with Crippen molar-refractivity contribution in [3.63, 3.8) is 0 Å². The average molecular weight is 231 g/mol. The van der Waals surface area contributed by atoms with Gasteiger partial charge in [0.05, 0.1) is 7.11 Å². The van der Waals surface area contributed by atoms with Crippen LogP contribution in [0.1, 0.15) is 37.2 Å². The van der Waals surface area contributed by atoms with E-state index in [0.717, 1.165) is 11.8 Å². The molecule has 1 aliphatic heterocycles. The van der Waals surface area contributed by atoms with Crippen LogP contribution < -0.4 is 4.74 Å². The number of nitrogens with zero attached hydrogens (tertiary/aromatic N) is 1. The zero-order valence-corrected chi connectivity index (χ0v) is 10.6. The Balaban J connectivity index is 1.68. The molecule has 0 aromatic heterocycles. The SMILES string of the molecule is COc1ccccc1C1CCN(C2CC2)CC1. The predicted octanol–water partition coefficient (Wildman–Crippen LogP) is 3.04. The largest absolute Gasteiger partial charge is 0.496 e. The van der Waals surface area contributed by atoms with Crippen molar-refractivity contribution < 1.29 is 4.74 Å². The van der Waals surface area contributed by atoms with E-state index in [1.54, 1.807) is 7.11 Å². The molecule has 0 N–H and O–H groups in total. The van der Waals surface area contributed by atoms with Crippen LogP contribution in [0.3, 0.4) is 0 Å². The van der Waals surface area contributed by atoms with Crippen LogP contribution in [0.15, 0.2) is 24.3 Å². The first kappa shape index (κ1) is 11.1. The summed E-state index contributed by atoms with van der Waals surface area (Å²) in [5.41, 5.74) is 1.41. The lowest BCUT2D eigenvalue weighted by molar-refractivity contribution is 0.202. The molecule has 1 aromatic rings. The van der Waals surface area contributed by atoms with Crippen LogP contribution in [0.5, 0.6) is 5.75 Å². The fourth-order valence-electron chi connectivity index (χ4n) is 3.02. The monoisotopic (exact) mass is 231 g/mol. The van der Waals surface area contributed by atoms with E-state index in [4.69, 9.17) is 4.74 Å². The first-order valence-corrected chi connectivity index (χ1v) is 6.75. The van der Waals surface area contributed by atoms with Gasteiger partial charge in [-0.25, -0.2) is 0 Å². The van der Waals surface area contributed by atoms with E-state index in [1.165, 1.54) is 44.3 Å². The third-order valence-corrected chi connectivity index (χ3v) is 4.17. The second-order valence-corrected chi connectivity index (χ2v) is 5.28. The molecular formula is C15H21NO. The van der Waals surface area contributed by atoms with Gasteiger partial charge < -0.3 is 9.64 Å². The molecule has 17 heavy (non-hydrogen) atoms. The van der Waals surface area contributed by atoms with Gasteiger partial charge in [-0.05, 0) is 56.3 Å². The number of ether oxygens (including phenoxy) is 1. The Morgan fingerprint density at radius 3 is 2.41 bits per heavy atom. The fourth-order valence-corrected chi connectivity index (χ4v) is 3.02. The van der Waals surface area contributed by atoms with Crippen LogP contribution in [-0.2, 0) is 0 Å². The maximum absolute atomic E-state index is 5.47. The topological polar surface area (TPSA) is 12.5 Å². The summed E-state index contributed by atoms with van der Waals surface area (Å²) in [6.45, 7) is 2.54. The summed E-state index contributed by atoms with van der Waals surface area (Å²) in [6, 6.07) is 9.43. The van der Waals surface area contributed by atoms with Gasteiger partial charge in [0.15, 0.2) is 0 Å². The van der Waals surface area contributed by atoms with Crippen molar-refractivity contribution in [2.45, 2.75) is 37.6 Å². The molecule has 1 saturated carbocycles. The molecule has 2 heteroatoms. The fraction of sp³-hybridized carbons (Fsp3) is 0.600. The van der Waals surface area contributed by atoms with Gasteiger partial charge >= 0.3 is 0 Å². The highest BCUT2D eigenvalue weighted by molar-refractivity contribution is 5.36. The molecule has 2 nitrogen and oxygen atoms in total. The minimum atomic E-state index is 0.696. The Hall–Kier alpha value is -1.02. The second-order valence-electron chi connectivity index (χ2n) is 5.28. The van der Waals surface area contributed by atoms with E-state index in [2.05, 4.69) is 29.2 Å². The zero-order valence-electron chi connectivity index (χ0n) is 10.6. The van der Waals surface area contributed by atoms with Crippen LogP contribution >= 0.6 is 0 Å². The summed E-state index contributed by atoms with van der Waals surface area (Å²) >= 11 is 0. The van der Waals surface area contributed by atoms with Crippen molar-refractivity contribution in [2.75, 3.05) is 20.2 Å². The maximum Gasteiger partial charge on any atom is 0.122 e. The first-order valence-electron chi connectivity index (χ1n) is 6.75. The molecule has 0 atom stereocenters. The summed E-state index contributed by atoms with van der Waals surface area (Å²) in [5, 5.41) is 0. The van der Waals surface area contributed by atoms with Crippen LogP contribution in [-0.4, -0.2) is 31.1 Å². The molecule has 92 valence electrons. The van der Waals surface area contributed by atoms with Crippen molar-refractivity contribution in [3.05, 3.63) is 29.8 Å². The second kappa shape index (κ2) is 4.69. The predicted molar refractivity (Wildman–Crippen MR) is 69.6 cm³/mol. The third kappa shape index (κ3) is 2.32. The minimum Gasteiger partial charge on any atom is -0.496 e. The summed E-state index contributed by atoms with van der Waals surface area (Å²) in [4.78, 5) is 2.67. The summed E-state index contributed by atoms with van der Waals surface area (Å²) < 4.78 is 5.47. The van der Waals surface area contributed by atoms with Crippen molar-refractivity contribution >= 4 is 0 Å². The summed E-state index contributed by atoms with van der Waals surface area (Å²) in [5.74, 6) is 1.76. The Kier molecular flexibility index (Phi) is 3.06. The highest BCUT2D eigenvalue weighted by Gasteiger charge is 2.32. The molecule has 0 spiro atoms. The van der Waals surface area contributed by atoms with Gasteiger partial charge in [-0.1, -0.05) is 18.2 Å². The van der Waals surface area contributed by atoms with Gasteiger partial charge in [0, 0.05) is 6.04 Å². The third-order valence-electron chi connectivity index (χ3n) is 4.17. The molecule has 0 radical (unpaired) electrons. The first-order chi connectivity index (χ1) is 8.38. The van der Waals surface area contributed by atoms with Crippen LogP contribution in [0.25, 0.3) is 0 Å². The molecule has 1 heterocycles. The standard InChI is InChI=1S/C15H21NO/c1-17-15-5-3-2-4-14(15)12-8-10-16(11-9-12)13-6-7-13/h2-5,12-13H,6-11H2,1H3. The molecule has 1 saturated heterocycles. The molecule has 3 rings (SSSR count). The highest BCUT2D eigenvalue weighted by atomic mass is 16.5. The maximum atomic E-state index is 5.47. The minimum absolute atomic E-state index is 0.696. The quantitative estimate of drug-likeness (QED) is 0.793. The highest BCUT2D eigenvalue weighted by Crippen LogP contribution is 2.37. The Labute approximate surface area is 104 Å². The van der Waals surface area contributed by atoms with Gasteiger partial charge in [0.1, 0.15) is 5.75 Å². The van der Waals surface area contributed by atoms with Crippen molar-refractivity contribution in [3.8, 4) is 5.75 Å². The van der Waals surface area contributed by atoms with Gasteiger partial charge in [-0.15, -0.1) is 0 Å². The average Bonchev–Trinajstić information content (AvgIpc) is 3.23. The molecule has 0 amide bonds. The number of rotatable bonds is 3. The molecule has 1 aliphatic carbocycles. The van der Waals surface area contributed by atoms with Crippen LogP contribution in [0.4, 0.5) is 0 Å². The molecule has 0 unspecified atom stereocenters. The van der Waals surface area contributed by atoms with Gasteiger partial charge in [0.25, 0.3) is 0 Å².